The number of nitrogens with one attached hydrogen (secondary N) is 1. The maximum atomic E-state index is 13.9. The Hall–Kier alpha value is -4.79. The Morgan fingerprint density at radius 3 is 2.48 bits per heavy atom. The number of carboxylic acid groups (broad SMARTS) is 1. The molecule has 0 aliphatic rings. The summed E-state index contributed by atoms with van der Waals surface area (Å²) in [6.45, 7) is 3.75. The van der Waals surface area contributed by atoms with Crippen LogP contribution in [0.1, 0.15) is 34.3 Å². The number of aryl methyl sites for hydroxylation is 1. The van der Waals surface area contributed by atoms with Gasteiger partial charge in [0.15, 0.2) is 5.78 Å². The van der Waals surface area contributed by atoms with Gasteiger partial charge in [-0.1, -0.05) is 30.3 Å². The largest absolute Gasteiger partial charge is 0.493 e. The zero-order valence-electron chi connectivity index (χ0n) is 22.0. The van der Waals surface area contributed by atoms with Crippen LogP contribution in [0.4, 0.5) is 8.78 Å². The molecule has 1 heterocycles. The molecule has 206 valence electrons. The second-order valence-corrected chi connectivity index (χ2v) is 9.19. The van der Waals surface area contributed by atoms with E-state index in [1.165, 1.54) is 6.92 Å². The van der Waals surface area contributed by atoms with Crippen LogP contribution in [0.2, 0.25) is 0 Å². The van der Waals surface area contributed by atoms with Crippen LogP contribution in [-0.2, 0) is 17.6 Å². The molecule has 0 aliphatic carbocycles. The van der Waals surface area contributed by atoms with Gasteiger partial charge < -0.3 is 19.6 Å². The molecule has 0 saturated heterocycles. The molecular formula is C31H28F2N2O5. The van der Waals surface area contributed by atoms with E-state index in [4.69, 9.17) is 9.15 Å². The Morgan fingerprint density at radius 2 is 1.80 bits per heavy atom. The van der Waals surface area contributed by atoms with Gasteiger partial charge in [-0.05, 0) is 55.8 Å². The minimum Gasteiger partial charge on any atom is -0.493 e. The number of ketones is 1. The van der Waals surface area contributed by atoms with Crippen molar-refractivity contribution in [2.75, 3.05) is 6.61 Å². The van der Waals surface area contributed by atoms with E-state index >= 15 is 0 Å². The topological polar surface area (TPSA) is 102 Å². The average molecular weight is 547 g/mol. The zero-order valence-corrected chi connectivity index (χ0v) is 22.0. The third-order valence-electron chi connectivity index (χ3n) is 6.13. The molecule has 0 bridgehead atoms. The standard InChI is InChI=1S/C31H28F2N2O5/c1-19(16-29(36)25-13-10-23(32)18-26(25)33)34-28(31(37)38)17-21-8-11-24(12-9-21)39-15-14-27-20(2)40-30(35-27)22-6-4-3-5-7-22/h3-13,16,18,28,34H,14-15,17H2,1-2H3,(H,37,38)/t28-/m0/s1. The maximum Gasteiger partial charge on any atom is 0.326 e. The van der Waals surface area contributed by atoms with Crippen molar-refractivity contribution >= 4 is 11.8 Å². The number of oxazole rings is 1. The Bertz CT molecular complexity index is 1510. The van der Waals surface area contributed by atoms with Gasteiger partial charge in [0, 0.05) is 36.2 Å². The van der Waals surface area contributed by atoms with Gasteiger partial charge in [-0.3, -0.25) is 4.79 Å². The van der Waals surface area contributed by atoms with Gasteiger partial charge in [0.05, 0.1) is 17.9 Å². The summed E-state index contributed by atoms with van der Waals surface area (Å²) in [5, 5.41) is 12.5. The van der Waals surface area contributed by atoms with E-state index in [0.717, 1.165) is 40.8 Å². The van der Waals surface area contributed by atoms with Crippen LogP contribution in [0.5, 0.6) is 5.75 Å². The van der Waals surface area contributed by atoms with Crippen LogP contribution in [0.15, 0.2) is 89.0 Å². The number of halogens is 2. The average Bonchev–Trinajstić information content (AvgIpc) is 3.29. The van der Waals surface area contributed by atoms with E-state index in [2.05, 4.69) is 10.3 Å². The number of carbonyl (C=O) groups is 2. The van der Waals surface area contributed by atoms with Crippen LogP contribution in [0.25, 0.3) is 11.5 Å². The van der Waals surface area contributed by atoms with Gasteiger partial charge in [0.1, 0.15) is 29.2 Å². The molecule has 2 N–H and O–H groups in total. The molecule has 4 rings (SSSR count). The highest BCUT2D eigenvalue weighted by atomic mass is 19.1. The first-order valence-corrected chi connectivity index (χ1v) is 12.6. The SMILES string of the molecule is CC(=CC(=O)c1ccc(F)cc1F)N[C@@H](Cc1ccc(OCCc2nc(-c3ccccc3)oc2C)cc1)C(=O)O. The fourth-order valence-corrected chi connectivity index (χ4v) is 4.07. The highest BCUT2D eigenvalue weighted by Crippen LogP contribution is 2.22. The van der Waals surface area contributed by atoms with E-state index in [9.17, 15) is 23.5 Å². The lowest BCUT2D eigenvalue weighted by Crippen LogP contribution is -2.37. The number of ether oxygens (including phenoxy) is 1. The monoisotopic (exact) mass is 546 g/mol. The minimum absolute atomic E-state index is 0.125. The van der Waals surface area contributed by atoms with Gasteiger partial charge in [-0.2, -0.15) is 0 Å². The molecule has 0 fully saturated rings. The number of aliphatic carboxylic acids is 1. The lowest BCUT2D eigenvalue weighted by Gasteiger charge is -2.16. The normalized spacial score (nSPS) is 12.2. The summed E-state index contributed by atoms with van der Waals surface area (Å²) in [7, 11) is 0. The first kappa shape index (κ1) is 28.2. The Kier molecular flexibility index (Phi) is 9.06. The van der Waals surface area contributed by atoms with E-state index in [1.54, 1.807) is 24.3 Å². The third kappa shape index (κ3) is 7.41. The van der Waals surface area contributed by atoms with E-state index in [0.29, 0.717) is 30.7 Å². The summed E-state index contributed by atoms with van der Waals surface area (Å²) in [4.78, 5) is 28.8. The number of benzene rings is 3. The number of nitrogens with zero attached hydrogens (tertiary/aromatic N) is 1. The highest BCUT2D eigenvalue weighted by Gasteiger charge is 2.19. The van der Waals surface area contributed by atoms with Crippen molar-refractivity contribution in [3.8, 4) is 17.2 Å². The van der Waals surface area contributed by atoms with Gasteiger partial charge in [-0.25, -0.2) is 18.6 Å². The number of carboxylic acids is 1. The summed E-state index contributed by atoms with van der Waals surface area (Å²) in [6.07, 6.45) is 1.77. The molecule has 0 amide bonds. The lowest BCUT2D eigenvalue weighted by atomic mass is 10.0. The lowest BCUT2D eigenvalue weighted by molar-refractivity contribution is -0.139. The summed E-state index contributed by atoms with van der Waals surface area (Å²) < 4.78 is 38.6. The van der Waals surface area contributed by atoms with E-state index < -0.39 is 29.4 Å². The molecule has 0 spiro atoms. The predicted molar refractivity (Wildman–Crippen MR) is 145 cm³/mol. The summed E-state index contributed by atoms with van der Waals surface area (Å²) in [6, 6.07) is 18.3. The molecule has 40 heavy (non-hydrogen) atoms. The van der Waals surface area contributed by atoms with Crippen molar-refractivity contribution in [1.82, 2.24) is 10.3 Å². The van der Waals surface area contributed by atoms with E-state index in [1.807, 2.05) is 37.3 Å². The molecule has 7 nitrogen and oxygen atoms in total. The molecule has 0 unspecified atom stereocenters. The number of rotatable bonds is 12. The Morgan fingerprint density at radius 1 is 1.07 bits per heavy atom. The zero-order chi connectivity index (χ0) is 28.6. The summed E-state index contributed by atoms with van der Waals surface area (Å²) in [5.41, 5.74) is 2.38. The van der Waals surface area contributed by atoms with Gasteiger partial charge in [-0.15, -0.1) is 0 Å². The molecule has 1 atom stereocenters. The van der Waals surface area contributed by atoms with Crippen molar-refractivity contribution in [3.63, 3.8) is 0 Å². The smallest absolute Gasteiger partial charge is 0.326 e. The Balaban J connectivity index is 1.31. The van der Waals surface area contributed by atoms with Crippen LogP contribution in [-0.4, -0.2) is 34.5 Å². The first-order chi connectivity index (χ1) is 19.2. The second kappa shape index (κ2) is 12.8. The van der Waals surface area contributed by atoms with Crippen molar-refractivity contribution in [2.45, 2.75) is 32.7 Å². The van der Waals surface area contributed by atoms with Crippen LogP contribution in [0, 0.1) is 18.6 Å². The summed E-state index contributed by atoms with van der Waals surface area (Å²) >= 11 is 0. The number of carbonyl (C=O) groups excluding carboxylic acids is 1. The molecule has 1 aromatic heterocycles. The fourth-order valence-electron chi connectivity index (χ4n) is 4.07. The second-order valence-electron chi connectivity index (χ2n) is 9.19. The molecule has 9 heteroatoms. The molecule has 0 saturated carbocycles. The van der Waals surface area contributed by atoms with Crippen LogP contribution < -0.4 is 10.1 Å². The maximum absolute atomic E-state index is 13.9. The molecule has 4 aromatic rings. The molecule has 0 radical (unpaired) electrons. The molecule has 3 aromatic carbocycles. The van der Waals surface area contributed by atoms with Gasteiger partial charge in [0.25, 0.3) is 0 Å². The third-order valence-corrected chi connectivity index (χ3v) is 6.13. The van der Waals surface area contributed by atoms with Crippen molar-refractivity contribution < 1.29 is 32.6 Å². The first-order valence-electron chi connectivity index (χ1n) is 12.6. The molecule has 0 aliphatic heterocycles. The number of allylic oxidation sites excluding steroid dienone is 2. The number of aromatic nitrogens is 1. The Labute approximate surface area is 230 Å². The quantitative estimate of drug-likeness (QED) is 0.168. The number of hydrogen-bond donors (Lipinski definition) is 2. The summed E-state index contributed by atoms with van der Waals surface area (Å²) in [5.74, 6) is -1.68. The van der Waals surface area contributed by atoms with Crippen molar-refractivity contribution in [3.05, 3.63) is 119 Å². The van der Waals surface area contributed by atoms with Crippen LogP contribution >= 0.6 is 0 Å². The molecular weight excluding hydrogens is 518 g/mol. The van der Waals surface area contributed by atoms with E-state index in [-0.39, 0.29) is 17.7 Å². The van der Waals surface area contributed by atoms with Gasteiger partial charge in [0.2, 0.25) is 5.89 Å². The van der Waals surface area contributed by atoms with Crippen molar-refractivity contribution in [1.29, 1.82) is 0 Å². The van der Waals surface area contributed by atoms with Crippen LogP contribution in [0.3, 0.4) is 0 Å². The van der Waals surface area contributed by atoms with Crippen molar-refractivity contribution in [2.24, 2.45) is 0 Å². The highest BCUT2D eigenvalue weighted by molar-refractivity contribution is 6.05. The minimum atomic E-state index is -1.12. The van der Waals surface area contributed by atoms with Gasteiger partial charge >= 0.3 is 5.97 Å². The predicted octanol–water partition coefficient (Wildman–Crippen LogP) is 5.92. The fraction of sp³-hybridized carbons (Fsp3) is 0.194. The number of hydrogen-bond acceptors (Lipinski definition) is 6.